The topological polar surface area (TPSA) is 29.5 Å². The molecule has 3 rings (SSSR count). The Morgan fingerprint density at radius 2 is 1.67 bits per heavy atom. The standard InChI is InChI=1S/C27H37NO2/c1-5-26(29)28(21(2)22-12-8-6-9-13-22)18-16-25(23-14-10-7-11-15-23)24-17-19-30-27(3,4)20-24/h6-15,21,24-25H,5,16-20H2,1-4H3/t21-,24+,25-/m0/s1. The highest BCUT2D eigenvalue weighted by Crippen LogP contribution is 2.40. The van der Waals surface area contributed by atoms with E-state index in [9.17, 15) is 4.79 Å². The molecule has 2 aromatic carbocycles. The molecule has 0 bridgehead atoms. The van der Waals surface area contributed by atoms with E-state index in [4.69, 9.17) is 4.74 Å². The summed E-state index contributed by atoms with van der Waals surface area (Å²) < 4.78 is 5.99. The van der Waals surface area contributed by atoms with Crippen LogP contribution in [0.4, 0.5) is 0 Å². The Morgan fingerprint density at radius 3 is 2.23 bits per heavy atom. The molecule has 162 valence electrons. The lowest BCUT2D eigenvalue weighted by molar-refractivity contribution is -0.133. The monoisotopic (exact) mass is 407 g/mol. The van der Waals surface area contributed by atoms with E-state index < -0.39 is 0 Å². The molecule has 30 heavy (non-hydrogen) atoms. The molecular weight excluding hydrogens is 370 g/mol. The number of carbonyl (C=O) groups excluding carboxylic acids is 1. The van der Waals surface area contributed by atoms with Crippen LogP contribution in [0.3, 0.4) is 0 Å². The van der Waals surface area contributed by atoms with E-state index in [2.05, 4.69) is 80.3 Å². The first-order valence-corrected chi connectivity index (χ1v) is 11.4. The van der Waals surface area contributed by atoms with Gasteiger partial charge in [0.15, 0.2) is 0 Å². The van der Waals surface area contributed by atoms with Crippen LogP contribution in [0, 0.1) is 5.92 Å². The molecule has 3 heteroatoms. The van der Waals surface area contributed by atoms with E-state index in [0.29, 0.717) is 18.3 Å². The highest BCUT2D eigenvalue weighted by molar-refractivity contribution is 5.76. The predicted octanol–water partition coefficient (Wildman–Crippen LogP) is 6.37. The molecule has 0 unspecified atom stereocenters. The summed E-state index contributed by atoms with van der Waals surface area (Å²) in [5.74, 6) is 1.23. The maximum absolute atomic E-state index is 12.9. The highest BCUT2D eigenvalue weighted by Gasteiger charge is 2.34. The van der Waals surface area contributed by atoms with Gasteiger partial charge >= 0.3 is 0 Å². The van der Waals surface area contributed by atoms with Crippen molar-refractivity contribution >= 4 is 5.91 Å². The van der Waals surface area contributed by atoms with Crippen LogP contribution in [-0.2, 0) is 9.53 Å². The van der Waals surface area contributed by atoms with Crippen LogP contribution in [0.5, 0.6) is 0 Å². The van der Waals surface area contributed by atoms with E-state index in [1.807, 2.05) is 13.0 Å². The molecule has 1 saturated heterocycles. The van der Waals surface area contributed by atoms with Gasteiger partial charge in [-0.3, -0.25) is 4.79 Å². The van der Waals surface area contributed by atoms with E-state index in [1.165, 1.54) is 11.1 Å². The molecule has 0 aliphatic carbocycles. The van der Waals surface area contributed by atoms with E-state index in [-0.39, 0.29) is 17.6 Å². The van der Waals surface area contributed by atoms with Crippen molar-refractivity contribution in [2.24, 2.45) is 5.92 Å². The number of hydrogen-bond acceptors (Lipinski definition) is 2. The molecule has 0 radical (unpaired) electrons. The van der Waals surface area contributed by atoms with Crippen LogP contribution >= 0.6 is 0 Å². The Morgan fingerprint density at radius 1 is 1.07 bits per heavy atom. The molecule has 3 nitrogen and oxygen atoms in total. The molecule has 1 aliphatic rings. The third-order valence-corrected chi connectivity index (χ3v) is 6.59. The molecule has 1 amide bonds. The number of benzene rings is 2. The molecular formula is C27H37NO2. The number of carbonyl (C=O) groups is 1. The Kier molecular flexibility index (Phi) is 7.71. The van der Waals surface area contributed by atoms with Crippen molar-refractivity contribution < 1.29 is 9.53 Å². The summed E-state index contributed by atoms with van der Waals surface area (Å²) in [6.07, 6.45) is 3.66. The van der Waals surface area contributed by atoms with Gasteiger partial charge in [-0.15, -0.1) is 0 Å². The summed E-state index contributed by atoms with van der Waals surface area (Å²) in [5.41, 5.74) is 2.51. The van der Waals surface area contributed by atoms with Crippen molar-refractivity contribution in [2.45, 2.75) is 70.9 Å². The summed E-state index contributed by atoms with van der Waals surface area (Å²) in [4.78, 5) is 14.9. The minimum atomic E-state index is -0.0772. The van der Waals surface area contributed by atoms with Gasteiger partial charge in [-0.2, -0.15) is 0 Å². The molecule has 0 aromatic heterocycles. The third-order valence-electron chi connectivity index (χ3n) is 6.59. The van der Waals surface area contributed by atoms with Crippen molar-refractivity contribution in [3.63, 3.8) is 0 Å². The van der Waals surface area contributed by atoms with E-state index in [1.54, 1.807) is 0 Å². The normalized spacial score (nSPS) is 20.3. The number of rotatable bonds is 8. The molecule has 0 spiro atoms. The minimum Gasteiger partial charge on any atom is -0.376 e. The molecule has 0 saturated carbocycles. The van der Waals surface area contributed by atoms with E-state index >= 15 is 0 Å². The summed E-state index contributed by atoms with van der Waals surface area (Å²) in [6, 6.07) is 21.3. The van der Waals surface area contributed by atoms with Gasteiger partial charge in [0, 0.05) is 19.6 Å². The van der Waals surface area contributed by atoms with Gasteiger partial charge in [-0.05, 0) is 63.0 Å². The summed E-state index contributed by atoms with van der Waals surface area (Å²) in [7, 11) is 0. The zero-order valence-corrected chi connectivity index (χ0v) is 19.0. The number of ether oxygens (including phenoxy) is 1. The first-order chi connectivity index (χ1) is 14.4. The van der Waals surface area contributed by atoms with Gasteiger partial charge in [-0.25, -0.2) is 0 Å². The fourth-order valence-corrected chi connectivity index (χ4v) is 4.92. The van der Waals surface area contributed by atoms with Gasteiger partial charge in [0.1, 0.15) is 0 Å². The Balaban J connectivity index is 1.81. The maximum atomic E-state index is 12.9. The third kappa shape index (κ3) is 5.72. The minimum absolute atomic E-state index is 0.0772. The average molecular weight is 408 g/mol. The predicted molar refractivity (Wildman–Crippen MR) is 123 cm³/mol. The van der Waals surface area contributed by atoms with Crippen LogP contribution in [0.25, 0.3) is 0 Å². The molecule has 1 aliphatic heterocycles. The van der Waals surface area contributed by atoms with Crippen molar-refractivity contribution in [2.75, 3.05) is 13.2 Å². The van der Waals surface area contributed by atoms with Gasteiger partial charge < -0.3 is 9.64 Å². The number of hydrogen-bond donors (Lipinski definition) is 0. The summed E-state index contributed by atoms with van der Waals surface area (Å²) in [6.45, 7) is 10.1. The largest absolute Gasteiger partial charge is 0.376 e. The van der Waals surface area contributed by atoms with Gasteiger partial charge in [-0.1, -0.05) is 67.6 Å². The molecule has 1 heterocycles. The molecule has 1 fully saturated rings. The van der Waals surface area contributed by atoms with Gasteiger partial charge in [0.05, 0.1) is 11.6 Å². The fraction of sp³-hybridized carbons (Fsp3) is 0.519. The zero-order chi connectivity index (χ0) is 21.6. The summed E-state index contributed by atoms with van der Waals surface area (Å²) in [5, 5.41) is 0. The lowest BCUT2D eigenvalue weighted by Gasteiger charge is -2.40. The van der Waals surface area contributed by atoms with Crippen LogP contribution in [-0.4, -0.2) is 29.6 Å². The lowest BCUT2D eigenvalue weighted by atomic mass is 9.75. The summed E-state index contributed by atoms with van der Waals surface area (Å²) >= 11 is 0. The van der Waals surface area contributed by atoms with Crippen LogP contribution < -0.4 is 0 Å². The SMILES string of the molecule is CCC(=O)N(CC[C@@H](c1ccccc1)[C@@H]1CCOC(C)(C)C1)[C@@H](C)c1ccccc1. The second kappa shape index (κ2) is 10.3. The molecule has 2 aromatic rings. The second-order valence-electron chi connectivity index (χ2n) is 9.19. The van der Waals surface area contributed by atoms with Crippen LogP contribution in [0.15, 0.2) is 60.7 Å². The Hall–Kier alpha value is -2.13. The highest BCUT2D eigenvalue weighted by atomic mass is 16.5. The number of amides is 1. The van der Waals surface area contributed by atoms with E-state index in [0.717, 1.165) is 32.4 Å². The fourth-order valence-electron chi connectivity index (χ4n) is 4.92. The van der Waals surface area contributed by atoms with Gasteiger partial charge in [0.2, 0.25) is 5.91 Å². The van der Waals surface area contributed by atoms with Crippen LogP contribution in [0.2, 0.25) is 0 Å². The smallest absolute Gasteiger partial charge is 0.222 e. The molecule has 0 N–H and O–H groups in total. The zero-order valence-electron chi connectivity index (χ0n) is 19.0. The first-order valence-electron chi connectivity index (χ1n) is 11.4. The first kappa shape index (κ1) is 22.6. The second-order valence-corrected chi connectivity index (χ2v) is 9.19. The van der Waals surface area contributed by atoms with Crippen molar-refractivity contribution in [1.29, 1.82) is 0 Å². The van der Waals surface area contributed by atoms with Crippen LogP contribution in [0.1, 0.15) is 76.5 Å². The lowest BCUT2D eigenvalue weighted by Crippen LogP contribution is -2.38. The average Bonchev–Trinajstić information content (AvgIpc) is 2.76. The van der Waals surface area contributed by atoms with Crippen molar-refractivity contribution in [3.8, 4) is 0 Å². The van der Waals surface area contributed by atoms with Gasteiger partial charge in [0.25, 0.3) is 0 Å². The van der Waals surface area contributed by atoms with Crippen molar-refractivity contribution in [3.05, 3.63) is 71.8 Å². The molecule has 3 atom stereocenters. The number of nitrogens with zero attached hydrogens (tertiary/aromatic N) is 1. The van der Waals surface area contributed by atoms with Crippen molar-refractivity contribution in [1.82, 2.24) is 4.90 Å². The quantitative estimate of drug-likeness (QED) is 0.509. The maximum Gasteiger partial charge on any atom is 0.222 e. The Bertz CT molecular complexity index is 787. The Labute approximate surface area is 182 Å².